The molecule has 6 nitrogen and oxygen atoms in total. The van der Waals surface area contributed by atoms with E-state index in [4.69, 9.17) is 14.2 Å². The SMILES string of the molecule is CCC/C=C\CCCCCCCC(=O)OCC(COC(=O)CCCCCCCCCCCCCCCCCCCCCC)OC(=O)CCCCCCCCCCCCCCCCCCCCCC. The molecule has 0 rings (SSSR count). The molecule has 0 amide bonds. The molecule has 0 radical (unpaired) electrons. The van der Waals surface area contributed by atoms with Crippen molar-refractivity contribution in [3.63, 3.8) is 0 Å². The Bertz CT molecular complexity index is 1060. The second kappa shape index (κ2) is 57.7. The Balaban J connectivity index is 4.20. The van der Waals surface area contributed by atoms with E-state index < -0.39 is 6.10 Å². The summed E-state index contributed by atoms with van der Waals surface area (Å²) in [5.74, 6) is -0.851. The molecule has 0 bridgehead atoms. The molecule has 0 aromatic heterocycles. The number of carbonyl (C=O) groups excluding carboxylic acids is 3. The van der Waals surface area contributed by atoms with Crippen LogP contribution in [-0.4, -0.2) is 37.2 Å². The normalized spacial score (nSPS) is 12.0. The molecule has 1 atom stereocenters. The van der Waals surface area contributed by atoms with E-state index in [1.807, 2.05) is 0 Å². The van der Waals surface area contributed by atoms with Gasteiger partial charge < -0.3 is 14.2 Å². The maximum atomic E-state index is 12.9. The first-order valence-corrected chi connectivity index (χ1v) is 30.7. The van der Waals surface area contributed by atoms with E-state index >= 15 is 0 Å². The van der Waals surface area contributed by atoms with E-state index in [0.29, 0.717) is 19.3 Å². The van der Waals surface area contributed by atoms with Crippen molar-refractivity contribution in [2.45, 2.75) is 354 Å². The first kappa shape index (κ1) is 66.2. The van der Waals surface area contributed by atoms with Crippen LogP contribution in [0.15, 0.2) is 12.2 Å². The van der Waals surface area contributed by atoms with E-state index in [1.54, 1.807) is 0 Å². The average molecular weight is 960 g/mol. The summed E-state index contributed by atoms with van der Waals surface area (Å²) in [7, 11) is 0. The number of hydrogen-bond acceptors (Lipinski definition) is 6. The second-order valence-electron chi connectivity index (χ2n) is 21.0. The number of rotatable bonds is 57. The van der Waals surface area contributed by atoms with Crippen LogP contribution in [0.1, 0.15) is 348 Å². The monoisotopic (exact) mass is 959 g/mol. The molecule has 0 spiro atoms. The summed E-state index contributed by atoms with van der Waals surface area (Å²) < 4.78 is 16.9. The maximum absolute atomic E-state index is 12.9. The van der Waals surface area contributed by atoms with Crippen LogP contribution in [0.2, 0.25) is 0 Å². The summed E-state index contributed by atoms with van der Waals surface area (Å²) in [6, 6.07) is 0. The van der Waals surface area contributed by atoms with Crippen molar-refractivity contribution in [3.05, 3.63) is 12.2 Å². The van der Waals surface area contributed by atoms with E-state index in [1.165, 1.54) is 238 Å². The quantitative estimate of drug-likeness (QED) is 0.0262. The molecule has 0 aliphatic rings. The Morgan fingerprint density at radius 2 is 0.515 bits per heavy atom. The summed E-state index contributed by atoms with van der Waals surface area (Å²) in [6.07, 6.45) is 66.5. The fourth-order valence-electron chi connectivity index (χ4n) is 9.39. The maximum Gasteiger partial charge on any atom is 0.306 e. The summed E-state index contributed by atoms with van der Waals surface area (Å²) in [6.45, 7) is 6.64. The Kier molecular flexibility index (Phi) is 56.2. The van der Waals surface area contributed by atoms with Crippen molar-refractivity contribution < 1.29 is 28.6 Å². The van der Waals surface area contributed by atoms with Gasteiger partial charge in [-0.3, -0.25) is 14.4 Å². The van der Waals surface area contributed by atoms with Crippen LogP contribution in [0.4, 0.5) is 0 Å². The molecular formula is C62H118O6. The van der Waals surface area contributed by atoms with Crippen molar-refractivity contribution in [1.29, 1.82) is 0 Å². The number of esters is 3. The molecule has 0 aliphatic carbocycles. The van der Waals surface area contributed by atoms with Crippen LogP contribution in [0.3, 0.4) is 0 Å². The Morgan fingerprint density at radius 3 is 0.794 bits per heavy atom. The summed E-state index contributed by atoms with van der Waals surface area (Å²) >= 11 is 0. The first-order valence-electron chi connectivity index (χ1n) is 30.7. The van der Waals surface area contributed by atoms with Gasteiger partial charge in [-0.25, -0.2) is 0 Å². The van der Waals surface area contributed by atoms with Crippen LogP contribution in [0.25, 0.3) is 0 Å². The predicted octanol–water partition coefficient (Wildman–Crippen LogP) is 20.5. The highest BCUT2D eigenvalue weighted by Gasteiger charge is 2.19. The van der Waals surface area contributed by atoms with Gasteiger partial charge in [-0.2, -0.15) is 0 Å². The van der Waals surface area contributed by atoms with Gasteiger partial charge >= 0.3 is 17.9 Å². The van der Waals surface area contributed by atoms with Gasteiger partial charge in [0.2, 0.25) is 0 Å². The summed E-state index contributed by atoms with van der Waals surface area (Å²) in [4.78, 5) is 38.1. The fraction of sp³-hybridized carbons (Fsp3) is 0.919. The zero-order chi connectivity index (χ0) is 49.3. The van der Waals surface area contributed by atoms with Gasteiger partial charge in [0.05, 0.1) is 0 Å². The molecule has 0 saturated carbocycles. The molecule has 0 N–H and O–H groups in total. The van der Waals surface area contributed by atoms with Crippen molar-refractivity contribution >= 4 is 17.9 Å². The topological polar surface area (TPSA) is 78.9 Å². The molecule has 0 fully saturated rings. The predicted molar refractivity (Wildman–Crippen MR) is 293 cm³/mol. The third kappa shape index (κ3) is 55.1. The van der Waals surface area contributed by atoms with Crippen molar-refractivity contribution in [1.82, 2.24) is 0 Å². The van der Waals surface area contributed by atoms with Gasteiger partial charge in [-0.05, 0) is 38.5 Å². The lowest BCUT2D eigenvalue weighted by atomic mass is 10.0. The van der Waals surface area contributed by atoms with Gasteiger partial charge in [-0.1, -0.05) is 303 Å². The van der Waals surface area contributed by atoms with E-state index in [-0.39, 0.29) is 31.1 Å². The van der Waals surface area contributed by atoms with Gasteiger partial charge in [0.25, 0.3) is 0 Å². The molecule has 0 saturated heterocycles. The minimum absolute atomic E-state index is 0.0665. The van der Waals surface area contributed by atoms with Gasteiger partial charge in [0, 0.05) is 19.3 Å². The van der Waals surface area contributed by atoms with Crippen LogP contribution < -0.4 is 0 Å². The molecule has 0 heterocycles. The number of unbranched alkanes of at least 4 members (excludes halogenated alkanes) is 44. The Labute approximate surface area is 424 Å². The molecule has 6 heteroatoms. The van der Waals surface area contributed by atoms with E-state index in [9.17, 15) is 14.4 Å². The van der Waals surface area contributed by atoms with Crippen molar-refractivity contribution in [3.8, 4) is 0 Å². The fourth-order valence-corrected chi connectivity index (χ4v) is 9.39. The van der Waals surface area contributed by atoms with Gasteiger partial charge in [0.15, 0.2) is 6.10 Å². The first-order chi connectivity index (χ1) is 33.5. The average Bonchev–Trinajstić information content (AvgIpc) is 3.34. The molecule has 0 aliphatic heterocycles. The highest BCUT2D eigenvalue weighted by Crippen LogP contribution is 2.18. The van der Waals surface area contributed by atoms with E-state index in [0.717, 1.165) is 70.6 Å². The summed E-state index contributed by atoms with van der Waals surface area (Å²) in [5, 5.41) is 0. The lowest BCUT2D eigenvalue weighted by molar-refractivity contribution is -0.167. The largest absolute Gasteiger partial charge is 0.462 e. The highest BCUT2D eigenvalue weighted by molar-refractivity contribution is 5.71. The third-order valence-electron chi connectivity index (χ3n) is 14.0. The lowest BCUT2D eigenvalue weighted by Crippen LogP contribution is -2.30. The standard InChI is InChI=1S/C62H118O6/c1-4-7-10-13-16-19-22-24-26-28-30-32-34-36-38-40-43-46-49-52-55-61(64)67-58-59(57-66-60(63)54-51-48-45-42-21-18-15-12-9-6-3)68-62(65)56-53-50-47-44-41-39-37-35-33-31-29-27-25-23-20-17-14-11-8-5-2/h12,15,59H,4-11,13-14,16-58H2,1-3H3/b15-12-. The van der Waals surface area contributed by atoms with Crippen LogP contribution in [0, 0.1) is 0 Å². The minimum Gasteiger partial charge on any atom is -0.462 e. The zero-order valence-electron chi connectivity index (χ0n) is 46.2. The number of allylic oxidation sites excluding steroid dienone is 2. The summed E-state index contributed by atoms with van der Waals surface area (Å²) in [5.41, 5.74) is 0. The molecule has 1 unspecified atom stereocenters. The van der Waals surface area contributed by atoms with Crippen molar-refractivity contribution in [2.24, 2.45) is 0 Å². The number of hydrogen-bond donors (Lipinski definition) is 0. The molecule has 68 heavy (non-hydrogen) atoms. The smallest absolute Gasteiger partial charge is 0.306 e. The molecular weight excluding hydrogens is 841 g/mol. The molecule has 0 aromatic rings. The zero-order valence-corrected chi connectivity index (χ0v) is 46.2. The van der Waals surface area contributed by atoms with Crippen molar-refractivity contribution in [2.75, 3.05) is 13.2 Å². The van der Waals surface area contributed by atoms with Crippen LogP contribution in [0.5, 0.6) is 0 Å². The van der Waals surface area contributed by atoms with Gasteiger partial charge in [0.1, 0.15) is 13.2 Å². The second-order valence-corrected chi connectivity index (χ2v) is 21.0. The highest BCUT2D eigenvalue weighted by atomic mass is 16.6. The van der Waals surface area contributed by atoms with Crippen LogP contribution >= 0.6 is 0 Å². The van der Waals surface area contributed by atoms with E-state index in [2.05, 4.69) is 32.9 Å². The Hall–Kier alpha value is -1.85. The number of carbonyl (C=O) groups is 3. The minimum atomic E-state index is -0.767. The third-order valence-corrected chi connectivity index (χ3v) is 14.0. The number of ether oxygens (including phenoxy) is 3. The molecule has 402 valence electrons. The van der Waals surface area contributed by atoms with Gasteiger partial charge in [-0.15, -0.1) is 0 Å². The lowest BCUT2D eigenvalue weighted by Gasteiger charge is -2.18. The molecule has 0 aromatic carbocycles. The van der Waals surface area contributed by atoms with Crippen LogP contribution in [-0.2, 0) is 28.6 Å². The Morgan fingerprint density at radius 1 is 0.279 bits per heavy atom.